The molecule has 1 heteroatoms. The molecule has 0 radical (unpaired) electrons. The van der Waals surface area contributed by atoms with Crippen molar-refractivity contribution in [1.29, 1.82) is 0 Å². The van der Waals surface area contributed by atoms with Gasteiger partial charge in [0, 0.05) is 5.56 Å². The molecule has 0 aromatic heterocycles. The third-order valence-electron chi connectivity index (χ3n) is 15.2. The first-order valence-electron chi connectivity index (χ1n) is 26.1. The maximum atomic E-state index is 4.09. The Labute approximate surface area is 426 Å². The van der Waals surface area contributed by atoms with Crippen molar-refractivity contribution in [3.63, 3.8) is 0 Å². The average Bonchev–Trinajstić information content (AvgIpc) is 3.30. The van der Waals surface area contributed by atoms with Gasteiger partial charge in [0.2, 0.25) is 0 Å². The summed E-state index contributed by atoms with van der Waals surface area (Å²) in [4.78, 5) is 0. The van der Waals surface area contributed by atoms with E-state index in [0.29, 0.717) is 16.6 Å². The monoisotopic (exact) mass is 939 g/mol. The lowest BCUT2D eigenvalue weighted by molar-refractivity contribution is 0.590. The van der Waals surface area contributed by atoms with Gasteiger partial charge in [-0.3, -0.25) is 0 Å². The maximum Gasteiger partial charge on any atom is 0.146 e. The highest BCUT2D eigenvalue weighted by Gasteiger charge is 2.42. The highest BCUT2D eigenvalue weighted by Crippen LogP contribution is 2.53. The van der Waals surface area contributed by atoms with Crippen molar-refractivity contribution in [2.45, 2.75) is 163 Å². The van der Waals surface area contributed by atoms with Crippen LogP contribution in [0.3, 0.4) is 0 Å². The molecule has 0 atom stereocenters. The molecule has 0 aliphatic carbocycles. The van der Waals surface area contributed by atoms with Crippen molar-refractivity contribution in [2.75, 3.05) is 0 Å². The van der Waals surface area contributed by atoms with Crippen LogP contribution in [0.5, 0.6) is 0 Å². The van der Waals surface area contributed by atoms with E-state index in [-0.39, 0.29) is 21.7 Å². The highest BCUT2D eigenvalue weighted by molar-refractivity contribution is 6.90. The van der Waals surface area contributed by atoms with Gasteiger partial charge in [-0.2, -0.15) is 0 Å². The van der Waals surface area contributed by atoms with E-state index < -0.39 is 8.07 Å². The number of rotatable bonds is 9. The second-order valence-electron chi connectivity index (χ2n) is 25.1. The topological polar surface area (TPSA) is 0 Å². The van der Waals surface area contributed by atoms with Gasteiger partial charge in [-0.25, -0.2) is 0 Å². The molecule has 0 saturated carbocycles. The molecule has 7 aromatic rings. The van der Waals surface area contributed by atoms with Crippen LogP contribution < -0.4 is 0 Å². The Balaban J connectivity index is 1.68. The van der Waals surface area contributed by atoms with E-state index in [4.69, 9.17) is 0 Å². The summed E-state index contributed by atoms with van der Waals surface area (Å²) in [6.07, 6.45) is 0. The van der Waals surface area contributed by atoms with E-state index in [1.807, 2.05) is 0 Å². The number of benzene rings is 7. The van der Waals surface area contributed by atoms with Crippen LogP contribution >= 0.6 is 0 Å². The summed E-state index contributed by atoms with van der Waals surface area (Å²) in [5.74, 6) is 3.91. The fraction of sp³-hybridized carbons (Fsp3) is 0.362. The molecule has 0 bridgehead atoms. The summed E-state index contributed by atoms with van der Waals surface area (Å²) in [5.41, 5.74) is 26.7. The molecule has 0 saturated heterocycles. The molecule has 0 heterocycles. The van der Waals surface area contributed by atoms with Gasteiger partial charge in [-0.05, 0) is 139 Å². The molecule has 0 aliphatic heterocycles. The van der Waals surface area contributed by atoms with Gasteiger partial charge >= 0.3 is 0 Å². The summed E-state index contributed by atoms with van der Waals surface area (Å²) in [7, 11) is -2.02. The standard InChI is InChI=1S/C69H82Si/c1-46(2)70(47(3)4,48(5)6)44-43-49-23-19-20-24-58(49)59-25-21-22-26-60(59)62-45-61(50-27-35-54(36-28-50)66(7,8)9)63(51-29-37-55(38-30-51)67(10,11)12)65(53-33-41-57(42-34-53)69(16,17)18)64(62)52-31-39-56(40-32-52)68(13,14)15/h19-42,45-48H,1-18H3. The molecule has 70 heavy (non-hydrogen) atoms. The first-order valence-corrected chi connectivity index (χ1v) is 28.3. The minimum Gasteiger partial charge on any atom is -0.125 e. The summed E-state index contributed by atoms with van der Waals surface area (Å²) in [6, 6.07) is 58.4. The molecule has 362 valence electrons. The fourth-order valence-electron chi connectivity index (χ4n) is 11.0. The molecule has 0 unspecified atom stereocenters. The van der Waals surface area contributed by atoms with Crippen molar-refractivity contribution >= 4 is 8.07 Å². The Morgan fingerprint density at radius 3 is 0.971 bits per heavy atom. The van der Waals surface area contributed by atoms with Gasteiger partial charge in [0.15, 0.2) is 0 Å². The quantitative estimate of drug-likeness (QED) is 0.0999. The molecule has 7 rings (SSSR count). The SMILES string of the molecule is CC(C)[Si](C#Cc1ccccc1-c1ccccc1-c1cc(-c2ccc(C(C)(C)C)cc2)c(-c2ccc(C(C)(C)C)cc2)c(-c2ccc(C(C)(C)C)cc2)c1-c1ccc(C(C)(C)C)cc1)(C(C)C)C(C)C. The Bertz CT molecular complexity index is 2960. The molecular weight excluding hydrogens is 857 g/mol. The van der Waals surface area contributed by atoms with Gasteiger partial charge in [0.25, 0.3) is 0 Å². The second-order valence-corrected chi connectivity index (χ2v) is 30.7. The minimum atomic E-state index is -2.02. The van der Waals surface area contributed by atoms with Crippen molar-refractivity contribution < 1.29 is 0 Å². The predicted molar refractivity (Wildman–Crippen MR) is 312 cm³/mol. The normalized spacial score (nSPS) is 12.7. The molecule has 0 aliphatic rings. The zero-order valence-corrected chi connectivity index (χ0v) is 47.2. The van der Waals surface area contributed by atoms with Gasteiger partial charge in [0.05, 0.1) is 0 Å². The maximum absolute atomic E-state index is 4.09. The first-order chi connectivity index (χ1) is 32.7. The molecule has 7 aromatic carbocycles. The summed E-state index contributed by atoms with van der Waals surface area (Å²) in [6.45, 7) is 42.1. The largest absolute Gasteiger partial charge is 0.146 e. The average molecular weight is 940 g/mol. The highest BCUT2D eigenvalue weighted by atomic mass is 28.3. The summed E-state index contributed by atoms with van der Waals surface area (Å²) < 4.78 is 0. The van der Waals surface area contributed by atoms with Crippen molar-refractivity contribution in [2.24, 2.45) is 0 Å². The Morgan fingerprint density at radius 1 is 0.314 bits per heavy atom. The third-order valence-corrected chi connectivity index (χ3v) is 21.5. The van der Waals surface area contributed by atoms with E-state index in [9.17, 15) is 0 Å². The van der Waals surface area contributed by atoms with E-state index in [0.717, 1.165) is 5.56 Å². The molecule has 0 spiro atoms. The van der Waals surface area contributed by atoms with Crippen molar-refractivity contribution in [3.8, 4) is 78.2 Å². The van der Waals surface area contributed by atoms with Gasteiger partial charge in [-0.15, -0.1) is 5.54 Å². The summed E-state index contributed by atoms with van der Waals surface area (Å²) >= 11 is 0. The Kier molecular flexibility index (Phi) is 14.8. The predicted octanol–water partition coefficient (Wildman–Crippen LogP) is 20.4. The van der Waals surface area contributed by atoms with Crippen LogP contribution in [0.2, 0.25) is 16.6 Å². The van der Waals surface area contributed by atoms with Crippen LogP contribution in [0.15, 0.2) is 152 Å². The number of hydrogen-bond acceptors (Lipinski definition) is 0. The Hall–Kier alpha value is -5.68. The van der Waals surface area contributed by atoms with Crippen LogP contribution in [0, 0.1) is 11.5 Å². The van der Waals surface area contributed by atoms with Crippen LogP contribution in [0.1, 0.15) is 152 Å². The van der Waals surface area contributed by atoms with Gasteiger partial charge in [0.1, 0.15) is 8.07 Å². The summed E-state index contributed by atoms with van der Waals surface area (Å²) in [5, 5.41) is 0. The van der Waals surface area contributed by atoms with Crippen LogP contribution in [0.25, 0.3) is 66.8 Å². The third kappa shape index (κ3) is 10.7. The van der Waals surface area contributed by atoms with Gasteiger partial charge in [-0.1, -0.05) is 270 Å². The first kappa shape index (κ1) is 52.1. The lowest BCUT2D eigenvalue weighted by atomic mass is 9.76. The van der Waals surface area contributed by atoms with Crippen molar-refractivity contribution in [1.82, 2.24) is 0 Å². The minimum absolute atomic E-state index is 0.00839. The van der Waals surface area contributed by atoms with Crippen LogP contribution in [-0.4, -0.2) is 8.07 Å². The van der Waals surface area contributed by atoms with Crippen LogP contribution in [0.4, 0.5) is 0 Å². The van der Waals surface area contributed by atoms with Gasteiger partial charge < -0.3 is 0 Å². The second kappa shape index (κ2) is 19.8. The van der Waals surface area contributed by atoms with E-state index in [2.05, 4.69) is 288 Å². The molecule has 0 nitrogen and oxygen atoms in total. The fourth-order valence-corrected chi connectivity index (χ4v) is 16.2. The Morgan fingerprint density at radius 2 is 0.614 bits per heavy atom. The van der Waals surface area contributed by atoms with E-state index in [1.165, 1.54) is 89.0 Å². The van der Waals surface area contributed by atoms with Crippen molar-refractivity contribution in [3.05, 3.63) is 179 Å². The molecule has 0 fully saturated rings. The molecule has 0 amide bonds. The number of hydrogen-bond donors (Lipinski definition) is 0. The lowest BCUT2D eigenvalue weighted by Gasteiger charge is -2.38. The smallest absolute Gasteiger partial charge is 0.125 e. The molecule has 0 N–H and O–H groups in total. The zero-order valence-electron chi connectivity index (χ0n) is 46.2. The van der Waals surface area contributed by atoms with E-state index >= 15 is 0 Å². The van der Waals surface area contributed by atoms with Crippen LogP contribution in [-0.2, 0) is 21.7 Å². The zero-order chi connectivity index (χ0) is 51.1. The lowest BCUT2D eigenvalue weighted by Crippen LogP contribution is -2.43. The molecular formula is C69H82Si. The van der Waals surface area contributed by atoms with E-state index in [1.54, 1.807) is 0 Å².